The van der Waals surface area contributed by atoms with E-state index in [2.05, 4.69) is 10.5 Å². The van der Waals surface area contributed by atoms with Gasteiger partial charge in [0.2, 0.25) is 0 Å². The van der Waals surface area contributed by atoms with Crippen LogP contribution in [-0.4, -0.2) is 19.2 Å². The maximum absolute atomic E-state index is 11.9. The van der Waals surface area contributed by atoms with Crippen LogP contribution in [0.1, 0.15) is 15.9 Å². The number of halogens is 1. The Hall–Kier alpha value is -2.33. The molecule has 1 amide bonds. The van der Waals surface area contributed by atoms with Gasteiger partial charge >= 0.3 is 0 Å². The first-order valence-corrected chi connectivity index (χ1v) is 6.30. The first-order valence-electron chi connectivity index (χ1n) is 5.92. The van der Waals surface area contributed by atoms with Crippen LogP contribution in [0.3, 0.4) is 0 Å². The molecule has 0 aliphatic rings. The van der Waals surface area contributed by atoms with Crippen LogP contribution in [-0.2, 0) is 0 Å². The highest BCUT2D eigenvalue weighted by Gasteiger charge is 2.09. The van der Waals surface area contributed by atoms with Crippen molar-refractivity contribution in [1.29, 1.82) is 0 Å². The second-order valence-corrected chi connectivity index (χ2v) is 4.39. The average molecular weight is 289 g/mol. The van der Waals surface area contributed by atoms with Gasteiger partial charge in [0.15, 0.2) is 0 Å². The minimum Gasteiger partial charge on any atom is -0.496 e. The zero-order valence-electron chi connectivity index (χ0n) is 10.8. The number of hydrogen-bond acceptors (Lipinski definition) is 3. The van der Waals surface area contributed by atoms with Crippen molar-refractivity contribution < 1.29 is 9.53 Å². The Balaban J connectivity index is 2.03. The molecule has 1 N–H and O–H groups in total. The fraction of sp³-hybridized carbons (Fsp3) is 0.0667. The first-order chi connectivity index (χ1) is 9.70. The number of nitrogens with one attached hydrogen (secondary N) is 1. The summed E-state index contributed by atoms with van der Waals surface area (Å²) < 4.78 is 5.12. The van der Waals surface area contributed by atoms with E-state index in [1.54, 1.807) is 54.7 Å². The third-order valence-corrected chi connectivity index (χ3v) is 2.85. The van der Waals surface area contributed by atoms with Crippen molar-refractivity contribution in [3.05, 3.63) is 64.7 Å². The molecule has 2 aromatic carbocycles. The number of hydrogen-bond donors (Lipinski definition) is 1. The van der Waals surface area contributed by atoms with E-state index in [-0.39, 0.29) is 5.91 Å². The van der Waals surface area contributed by atoms with E-state index in [4.69, 9.17) is 16.3 Å². The normalized spacial score (nSPS) is 10.5. The third kappa shape index (κ3) is 3.59. The van der Waals surface area contributed by atoms with Gasteiger partial charge in [0.25, 0.3) is 5.91 Å². The summed E-state index contributed by atoms with van der Waals surface area (Å²) in [6.45, 7) is 0. The van der Waals surface area contributed by atoms with E-state index >= 15 is 0 Å². The first kappa shape index (κ1) is 14.1. The van der Waals surface area contributed by atoms with Gasteiger partial charge in [-0.15, -0.1) is 0 Å². The van der Waals surface area contributed by atoms with E-state index in [9.17, 15) is 4.79 Å². The summed E-state index contributed by atoms with van der Waals surface area (Å²) in [5.74, 6) is 0.180. The predicted octanol–water partition coefficient (Wildman–Crippen LogP) is 3.11. The molecule has 0 aromatic heterocycles. The fourth-order valence-corrected chi connectivity index (χ4v) is 1.73. The Morgan fingerprint density at radius 2 is 1.90 bits per heavy atom. The van der Waals surface area contributed by atoms with Crippen molar-refractivity contribution in [3.63, 3.8) is 0 Å². The van der Waals surface area contributed by atoms with E-state index in [1.165, 1.54) is 7.11 Å². The number of amides is 1. The van der Waals surface area contributed by atoms with Crippen LogP contribution in [0, 0.1) is 0 Å². The molecule has 0 heterocycles. The number of carbonyl (C=O) groups is 1. The zero-order chi connectivity index (χ0) is 14.4. The Morgan fingerprint density at radius 1 is 1.20 bits per heavy atom. The average Bonchev–Trinajstić information content (AvgIpc) is 2.49. The maximum atomic E-state index is 11.9. The zero-order valence-corrected chi connectivity index (χ0v) is 11.6. The molecule has 0 spiro atoms. The molecule has 0 saturated heterocycles. The summed E-state index contributed by atoms with van der Waals surface area (Å²) in [6.07, 6.45) is 1.55. The van der Waals surface area contributed by atoms with Crippen LogP contribution >= 0.6 is 11.6 Å². The number of ether oxygens (including phenoxy) is 1. The Labute approximate surface area is 122 Å². The summed E-state index contributed by atoms with van der Waals surface area (Å²) in [6, 6.07) is 14.1. The quantitative estimate of drug-likeness (QED) is 0.694. The van der Waals surface area contributed by atoms with Crippen LogP contribution in [0.25, 0.3) is 0 Å². The van der Waals surface area contributed by atoms with Gasteiger partial charge in [0.1, 0.15) is 5.75 Å². The van der Waals surface area contributed by atoms with Gasteiger partial charge in [-0.1, -0.05) is 35.9 Å². The lowest BCUT2D eigenvalue weighted by Gasteiger charge is -2.05. The van der Waals surface area contributed by atoms with Gasteiger partial charge in [-0.05, 0) is 29.8 Å². The standard InChI is InChI=1S/C15H13ClN2O2/c1-20-14-5-3-2-4-13(14)15(19)18-17-10-11-6-8-12(16)9-7-11/h2-10H,1H3,(H,18,19)/b17-10+. The molecule has 0 atom stereocenters. The highest BCUT2D eigenvalue weighted by atomic mass is 35.5. The molecule has 0 unspecified atom stereocenters. The van der Waals surface area contributed by atoms with Crippen molar-refractivity contribution in [1.82, 2.24) is 5.43 Å². The number of hydrazone groups is 1. The van der Waals surface area contributed by atoms with Crippen molar-refractivity contribution in [2.24, 2.45) is 5.10 Å². The lowest BCUT2D eigenvalue weighted by atomic mass is 10.2. The second-order valence-electron chi connectivity index (χ2n) is 3.95. The van der Waals surface area contributed by atoms with Crippen LogP contribution in [0.5, 0.6) is 5.75 Å². The number of methoxy groups -OCH3 is 1. The molecule has 0 fully saturated rings. The lowest BCUT2D eigenvalue weighted by molar-refractivity contribution is 0.0952. The molecule has 0 saturated carbocycles. The number of nitrogens with zero attached hydrogens (tertiary/aromatic N) is 1. The monoisotopic (exact) mass is 288 g/mol. The summed E-state index contributed by atoms with van der Waals surface area (Å²) in [4.78, 5) is 11.9. The van der Waals surface area contributed by atoms with Gasteiger partial charge in [0.05, 0.1) is 18.9 Å². The molecule has 2 rings (SSSR count). The summed E-state index contributed by atoms with van der Waals surface area (Å²) in [7, 11) is 1.52. The minimum atomic E-state index is -0.326. The Bertz CT molecular complexity index is 624. The van der Waals surface area contributed by atoms with E-state index in [0.29, 0.717) is 16.3 Å². The van der Waals surface area contributed by atoms with Crippen molar-refractivity contribution in [3.8, 4) is 5.75 Å². The number of carbonyl (C=O) groups excluding carboxylic acids is 1. The molecule has 0 bridgehead atoms. The van der Waals surface area contributed by atoms with Gasteiger partial charge in [0, 0.05) is 5.02 Å². The van der Waals surface area contributed by atoms with Crippen LogP contribution in [0.15, 0.2) is 53.6 Å². The number of benzene rings is 2. The van der Waals surface area contributed by atoms with Gasteiger partial charge in [-0.2, -0.15) is 5.10 Å². The SMILES string of the molecule is COc1ccccc1C(=O)N/N=C/c1ccc(Cl)cc1. The highest BCUT2D eigenvalue weighted by molar-refractivity contribution is 6.30. The van der Waals surface area contributed by atoms with Gasteiger partial charge in [-0.3, -0.25) is 4.79 Å². The summed E-state index contributed by atoms with van der Waals surface area (Å²) in [5.41, 5.74) is 3.73. The van der Waals surface area contributed by atoms with Crippen molar-refractivity contribution in [2.75, 3.05) is 7.11 Å². The summed E-state index contributed by atoms with van der Waals surface area (Å²) >= 11 is 5.78. The van der Waals surface area contributed by atoms with Gasteiger partial charge in [-0.25, -0.2) is 5.43 Å². The lowest BCUT2D eigenvalue weighted by Crippen LogP contribution is -2.18. The van der Waals surface area contributed by atoms with E-state index in [1.807, 2.05) is 0 Å². The smallest absolute Gasteiger partial charge is 0.275 e. The topological polar surface area (TPSA) is 50.7 Å². The van der Waals surface area contributed by atoms with Crippen molar-refractivity contribution >= 4 is 23.7 Å². The molecule has 20 heavy (non-hydrogen) atoms. The van der Waals surface area contributed by atoms with Crippen LogP contribution in [0.2, 0.25) is 5.02 Å². The highest BCUT2D eigenvalue weighted by Crippen LogP contribution is 2.16. The molecule has 0 aliphatic heterocycles. The van der Waals surface area contributed by atoms with Crippen LogP contribution < -0.4 is 10.2 Å². The third-order valence-electron chi connectivity index (χ3n) is 2.60. The molecule has 5 heteroatoms. The molecule has 0 aliphatic carbocycles. The van der Waals surface area contributed by atoms with Crippen LogP contribution in [0.4, 0.5) is 0 Å². The largest absolute Gasteiger partial charge is 0.496 e. The van der Waals surface area contributed by atoms with Gasteiger partial charge < -0.3 is 4.74 Å². The molecular formula is C15H13ClN2O2. The second kappa shape index (κ2) is 6.73. The number of rotatable bonds is 4. The van der Waals surface area contributed by atoms with E-state index < -0.39 is 0 Å². The Kier molecular flexibility index (Phi) is 4.74. The molecular weight excluding hydrogens is 276 g/mol. The predicted molar refractivity (Wildman–Crippen MR) is 79.5 cm³/mol. The molecule has 102 valence electrons. The minimum absolute atomic E-state index is 0.326. The fourth-order valence-electron chi connectivity index (χ4n) is 1.61. The Morgan fingerprint density at radius 3 is 2.60 bits per heavy atom. The summed E-state index contributed by atoms with van der Waals surface area (Å²) in [5, 5.41) is 4.55. The van der Waals surface area contributed by atoms with Crippen molar-refractivity contribution in [2.45, 2.75) is 0 Å². The molecule has 4 nitrogen and oxygen atoms in total. The maximum Gasteiger partial charge on any atom is 0.275 e. The molecule has 2 aromatic rings. The molecule has 0 radical (unpaired) electrons. The van der Waals surface area contributed by atoms with E-state index in [0.717, 1.165) is 5.56 Å². The number of para-hydroxylation sites is 1.